The lowest BCUT2D eigenvalue weighted by atomic mass is 10.8. The van der Waals surface area contributed by atoms with Crippen molar-refractivity contribution in [2.24, 2.45) is 0 Å². The molecule has 0 aromatic heterocycles. The summed E-state index contributed by atoms with van der Waals surface area (Å²) in [5.41, 5.74) is 0. The first-order valence-electron chi connectivity index (χ1n) is 1.70. The van der Waals surface area contributed by atoms with E-state index in [9.17, 15) is 17.7 Å². The lowest BCUT2D eigenvalue weighted by Crippen LogP contribution is -2.10. The quantitative estimate of drug-likeness (QED) is 0.563. The van der Waals surface area contributed by atoms with E-state index >= 15 is 0 Å². The van der Waals surface area contributed by atoms with Crippen LogP contribution < -0.4 is 0 Å². The van der Waals surface area contributed by atoms with Gasteiger partial charge in [-0.15, -0.1) is 0 Å². The van der Waals surface area contributed by atoms with Crippen LogP contribution in [0.5, 0.6) is 0 Å². The van der Waals surface area contributed by atoms with E-state index in [1.54, 1.807) is 0 Å². The van der Waals surface area contributed by atoms with Gasteiger partial charge in [0.2, 0.25) is 0 Å². The Kier molecular flexibility index (Phi) is 2.50. The van der Waals surface area contributed by atoms with Crippen LogP contribution in [0.2, 0.25) is 0 Å². The van der Waals surface area contributed by atoms with E-state index in [1.807, 2.05) is 0 Å². The van der Waals surface area contributed by atoms with Gasteiger partial charge in [0.25, 0.3) is 0 Å². The van der Waals surface area contributed by atoms with Crippen LogP contribution in [0.4, 0.5) is 13.2 Å². The highest BCUT2D eigenvalue weighted by atomic mass is 31.1. The average Bonchev–Trinajstić information content (AvgIpc) is 1.21. The molecule has 0 aliphatic rings. The third kappa shape index (κ3) is 5.98. The van der Waals surface area contributed by atoms with Crippen LogP contribution in [0.25, 0.3) is 0 Å². The summed E-state index contributed by atoms with van der Waals surface area (Å²) in [7, 11) is -3.37. The molecule has 6 heteroatoms. The molecule has 0 aromatic carbocycles. The Morgan fingerprint density at radius 2 is 1.88 bits per heavy atom. The normalized spacial score (nSPS) is 16.0. The maximum absolute atomic E-state index is 11.0. The minimum atomic E-state index is -4.50. The molecule has 0 aromatic rings. The van der Waals surface area contributed by atoms with Gasteiger partial charge in [0.15, 0.2) is 8.03 Å². The zero-order chi connectivity index (χ0) is 6.78. The van der Waals surface area contributed by atoms with Crippen molar-refractivity contribution in [3.8, 4) is 0 Å². The molecule has 50 valence electrons. The zero-order valence-corrected chi connectivity index (χ0v) is 4.70. The van der Waals surface area contributed by atoms with E-state index in [-0.39, 0.29) is 0 Å². The molecule has 0 rings (SSSR count). The summed E-state index contributed by atoms with van der Waals surface area (Å²) in [4.78, 5) is 7.71. The predicted molar refractivity (Wildman–Crippen MR) is 22.1 cm³/mol. The second kappa shape index (κ2) is 2.51. The fourth-order valence-corrected chi connectivity index (χ4v) is 0.514. The van der Waals surface area contributed by atoms with Crippen LogP contribution in [0, 0.1) is 0 Å². The molecule has 0 radical (unpaired) electrons. The first kappa shape index (κ1) is 7.98. The molecule has 0 aliphatic carbocycles. The number of alkyl halides is 3. The van der Waals surface area contributed by atoms with Crippen molar-refractivity contribution in [2.45, 2.75) is 6.18 Å². The van der Waals surface area contributed by atoms with Crippen molar-refractivity contribution in [3.05, 3.63) is 0 Å². The molecule has 0 fully saturated rings. The number of hydrogen-bond acceptors (Lipinski definition) is 1. The Balaban J connectivity index is 3.55. The highest BCUT2D eigenvalue weighted by molar-refractivity contribution is 7.38. The molecule has 0 saturated heterocycles. The van der Waals surface area contributed by atoms with Crippen LogP contribution in [0.15, 0.2) is 0 Å². The molecule has 1 N–H and O–H groups in total. The Bertz CT molecular complexity index is 97.9. The molecule has 0 spiro atoms. The van der Waals surface area contributed by atoms with Crippen LogP contribution in [0.1, 0.15) is 0 Å². The van der Waals surface area contributed by atoms with Crippen molar-refractivity contribution >= 4 is 8.03 Å². The molecule has 2 nitrogen and oxygen atoms in total. The van der Waals surface area contributed by atoms with Gasteiger partial charge in [-0.2, -0.15) is 13.2 Å². The fourth-order valence-electron chi connectivity index (χ4n) is 0.171. The van der Waals surface area contributed by atoms with Gasteiger partial charge in [-0.1, -0.05) is 0 Å². The maximum atomic E-state index is 11.0. The summed E-state index contributed by atoms with van der Waals surface area (Å²) >= 11 is 0. The zero-order valence-electron chi connectivity index (χ0n) is 3.70. The van der Waals surface area contributed by atoms with Gasteiger partial charge in [-0.05, 0) is 0 Å². The largest absolute Gasteiger partial charge is 0.397 e. The number of rotatable bonds is 1. The van der Waals surface area contributed by atoms with E-state index in [2.05, 4.69) is 0 Å². The van der Waals surface area contributed by atoms with Gasteiger partial charge in [0, 0.05) is 0 Å². The smallest absolute Gasteiger partial charge is 0.346 e. The molecular formula is C2H4F3O2P. The third-order valence-corrected chi connectivity index (χ3v) is 1.06. The summed E-state index contributed by atoms with van der Waals surface area (Å²) in [6.45, 7) is 0. The van der Waals surface area contributed by atoms with Gasteiger partial charge >= 0.3 is 6.18 Å². The summed E-state index contributed by atoms with van der Waals surface area (Å²) in [5, 5.41) is 0. The number of hydrogen-bond donors (Lipinski definition) is 1. The van der Waals surface area contributed by atoms with Crippen molar-refractivity contribution in [1.82, 2.24) is 0 Å². The molecule has 0 heterocycles. The van der Waals surface area contributed by atoms with Crippen LogP contribution in [-0.2, 0) is 4.57 Å². The van der Waals surface area contributed by atoms with Crippen LogP contribution in [-0.4, -0.2) is 17.2 Å². The third-order valence-electron chi connectivity index (χ3n) is 0.352. The second-order valence-corrected chi connectivity index (χ2v) is 2.33. The van der Waals surface area contributed by atoms with E-state index in [1.165, 1.54) is 0 Å². The van der Waals surface area contributed by atoms with Gasteiger partial charge in [-0.3, -0.25) is 4.57 Å². The Hall–Kier alpha value is -0.0200. The topological polar surface area (TPSA) is 37.3 Å². The summed E-state index contributed by atoms with van der Waals surface area (Å²) in [5.74, 6) is 0. The molecule has 0 saturated carbocycles. The molecule has 0 bridgehead atoms. The Morgan fingerprint density at radius 3 is 1.88 bits per heavy atom. The lowest BCUT2D eigenvalue weighted by Gasteiger charge is -1.99. The molecule has 8 heavy (non-hydrogen) atoms. The van der Waals surface area contributed by atoms with E-state index in [0.29, 0.717) is 0 Å². The van der Waals surface area contributed by atoms with Crippen LogP contribution in [0.3, 0.4) is 0 Å². The standard InChI is InChI=1S/C2H4F3O2P/c3-2(4,5)1-8(6)7/h8H,1H2,(H,6,7). The molecule has 1 unspecified atom stereocenters. The summed E-state index contributed by atoms with van der Waals surface area (Å²) in [6.07, 6.45) is -6.07. The molecule has 1 atom stereocenters. The van der Waals surface area contributed by atoms with Crippen molar-refractivity contribution in [3.63, 3.8) is 0 Å². The highest BCUT2D eigenvalue weighted by Crippen LogP contribution is 2.26. The minimum Gasteiger partial charge on any atom is -0.346 e. The predicted octanol–water partition coefficient (Wildman–Crippen LogP) is 1.02. The maximum Gasteiger partial charge on any atom is 0.397 e. The average molecular weight is 148 g/mol. The lowest BCUT2D eigenvalue weighted by molar-refractivity contribution is -0.107. The fraction of sp³-hybridized carbons (Fsp3) is 1.00. The van der Waals surface area contributed by atoms with Gasteiger partial charge in [0.05, 0.1) is 0 Å². The van der Waals surface area contributed by atoms with E-state index < -0.39 is 20.4 Å². The molecule has 0 amide bonds. The summed E-state index contributed by atoms with van der Waals surface area (Å²) in [6, 6.07) is 0. The first-order chi connectivity index (χ1) is 3.42. The van der Waals surface area contributed by atoms with Crippen LogP contribution >= 0.6 is 8.03 Å². The van der Waals surface area contributed by atoms with Crippen molar-refractivity contribution in [2.75, 3.05) is 6.16 Å². The summed E-state index contributed by atoms with van der Waals surface area (Å²) < 4.78 is 42.4. The van der Waals surface area contributed by atoms with Gasteiger partial charge in [-0.25, -0.2) is 0 Å². The van der Waals surface area contributed by atoms with E-state index in [0.717, 1.165) is 0 Å². The second-order valence-electron chi connectivity index (χ2n) is 1.19. The molecular weight excluding hydrogens is 144 g/mol. The minimum absolute atomic E-state index is 1.57. The van der Waals surface area contributed by atoms with Crippen molar-refractivity contribution in [1.29, 1.82) is 0 Å². The van der Waals surface area contributed by atoms with E-state index in [4.69, 9.17) is 4.89 Å². The molecule has 0 aliphatic heterocycles. The number of halogens is 3. The van der Waals surface area contributed by atoms with Crippen molar-refractivity contribution < 1.29 is 22.6 Å². The monoisotopic (exact) mass is 148 g/mol. The Morgan fingerprint density at radius 1 is 1.50 bits per heavy atom. The van der Waals surface area contributed by atoms with Gasteiger partial charge < -0.3 is 4.89 Å². The van der Waals surface area contributed by atoms with Gasteiger partial charge in [0.1, 0.15) is 6.16 Å². The highest BCUT2D eigenvalue weighted by Gasteiger charge is 2.29. The first-order valence-corrected chi connectivity index (χ1v) is 3.26. The SMILES string of the molecule is O=[PH](O)CC(F)(F)F. The Labute approximate surface area is 44.2 Å².